The van der Waals surface area contributed by atoms with Crippen LogP contribution in [0.2, 0.25) is 0 Å². The van der Waals surface area contributed by atoms with Crippen LogP contribution in [0.15, 0.2) is 12.4 Å². The lowest BCUT2D eigenvalue weighted by molar-refractivity contribution is 0.290. The van der Waals surface area contributed by atoms with Crippen LogP contribution in [0.25, 0.3) is 0 Å². The maximum atomic E-state index is 2.42. The molecule has 0 unspecified atom stereocenters. The van der Waals surface area contributed by atoms with Gasteiger partial charge in [0.2, 0.25) is 0 Å². The van der Waals surface area contributed by atoms with Crippen molar-refractivity contribution in [1.29, 1.82) is 0 Å². The Morgan fingerprint density at radius 1 is 0.667 bits per heavy atom. The van der Waals surface area contributed by atoms with E-state index in [4.69, 9.17) is 0 Å². The van der Waals surface area contributed by atoms with Gasteiger partial charge >= 0.3 is 0 Å². The van der Waals surface area contributed by atoms with Crippen LogP contribution < -0.4 is 0 Å². The third kappa shape index (κ3) is 10.7. The molecule has 2 nitrogen and oxygen atoms in total. The van der Waals surface area contributed by atoms with Crippen LogP contribution in [0.1, 0.15) is 90.4 Å². The van der Waals surface area contributed by atoms with Gasteiger partial charge < -0.3 is 9.80 Å². The molecule has 0 aliphatic carbocycles. The van der Waals surface area contributed by atoms with Gasteiger partial charge in [0.15, 0.2) is 0 Å². The van der Waals surface area contributed by atoms with E-state index in [-0.39, 0.29) is 0 Å². The van der Waals surface area contributed by atoms with Crippen molar-refractivity contribution in [2.24, 2.45) is 0 Å². The molecule has 0 spiro atoms. The summed E-state index contributed by atoms with van der Waals surface area (Å²) < 4.78 is 0. The van der Waals surface area contributed by atoms with Crippen molar-refractivity contribution < 1.29 is 0 Å². The molecule has 21 heavy (non-hydrogen) atoms. The van der Waals surface area contributed by atoms with Crippen LogP contribution in [0.3, 0.4) is 0 Å². The van der Waals surface area contributed by atoms with Gasteiger partial charge in [-0.2, -0.15) is 0 Å². The van der Waals surface area contributed by atoms with Crippen LogP contribution in [0.4, 0.5) is 0 Å². The molecule has 0 fully saturated rings. The van der Waals surface area contributed by atoms with Crippen LogP contribution in [0, 0.1) is 0 Å². The second-order valence-corrected chi connectivity index (χ2v) is 6.75. The van der Waals surface area contributed by atoms with E-state index in [1.54, 1.807) is 0 Å². The molecule has 1 rings (SSSR count). The molecule has 124 valence electrons. The molecule has 0 bridgehead atoms. The van der Waals surface area contributed by atoms with Crippen molar-refractivity contribution >= 4 is 0 Å². The number of hydrogen-bond donors (Lipinski definition) is 0. The van der Waals surface area contributed by atoms with Gasteiger partial charge in [-0.1, -0.05) is 84.0 Å². The first-order valence-electron chi connectivity index (χ1n) is 9.45. The summed E-state index contributed by atoms with van der Waals surface area (Å²) in [6.45, 7) is 4.61. The summed E-state index contributed by atoms with van der Waals surface area (Å²) >= 11 is 0. The van der Waals surface area contributed by atoms with Gasteiger partial charge in [0, 0.05) is 26.0 Å². The van der Waals surface area contributed by atoms with E-state index in [2.05, 4.69) is 36.2 Å². The fourth-order valence-electron chi connectivity index (χ4n) is 3.07. The Morgan fingerprint density at radius 3 is 1.57 bits per heavy atom. The van der Waals surface area contributed by atoms with Crippen LogP contribution in [-0.2, 0) is 0 Å². The highest BCUT2D eigenvalue weighted by molar-refractivity contribution is 4.88. The standard InChI is InChI=1S/C19H38N2/c1-3-4-5-6-7-8-9-10-11-12-13-14-15-16-21-18-17-20(2)19-21/h17-18H,3-16,19H2,1-2H3. The quantitative estimate of drug-likeness (QED) is 0.376. The Bertz CT molecular complexity index is 250. The van der Waals surface area contributed by atoms with E-state index in [0.29, 0.717) is 0 Å². The van der Waals surface area contributed by atoms with Crippen molar-refractivity contribution in [3.8, 4) is 0 Å². The second-order valence-electron chi connectivity index (χ2n) is 6.75. The minimum atomic E-state index is 1.08. The molecule has 0 aromatic heterocycles. The summed E-state index contributed by atoms with van der Waals surface area (Å²) in [6, 6.07) is 0. The van der Waals surface area contributed by atoms with E-state index in [1.807, 2.05) is 0 Å². The first-order valence-corrected chi connectivity index (χ1v) is 9.45. The van der Waals surface area contributed by atoms with Gasteiger partial charge in [-0.3, -0.25) is 0 Å². The zero-order chi connectivity index (χ0) is 15.2. The highest BCUT2D eigenvalue weighted by atomic mass is 15.3. The third-order valence-electron chi connectivity index (χ3n) is 4.49. The third-order valence-corrected chi connectivity index (χ3v) is 4.49. The highest BCUT2D eigenvalue weighted by Crippen LogP contribution is 2.13. The first kappa shape index (κ1) is 18.4. The lowest BCUT2D eigenvalue weighted by Crippen LogP contribution is -2.23. The SMILES string of the molecule is CCCCCCCCCCCCCCCN1C=CN(C)C1. The predicted octanol–water partition coefficient (Wildman–Crippen LogP) is 5.75. The molecule has 0 atom stereocenters. The average molecular weight is 295 g/mol. The van der Waals surface area contributed by atoms with E-state index in [9.17, 15) is 0 Å². The molecule has 1 aliphatic heterocycles. The van der Waals surface area contributed by atoms with Crippen LogP contribution >= 0.6 is 0 Å². The Balaban J connectivity index is 1.70. The van der Waals surface area contributed by atoms with Crippen LogP contribution in [0.5, 0.6) is 0 Å². The molecule has 0 aromatic rings. The molecule has 0 radical (unpaired) electrons. The minimum absolute atomic E-state index is 1.08. The number of hydrogen-bond acceptors (Lipinski definition) is 2. The largest absolute Gasteiger partial charge is 0.362 e. The molecule has 1 aliphatic rings. The lowest BCUT2D eigenvalue weighted by Gasteiger charge is -2.17. The zero-order valence-electron chi connectivity index (χ0n) is 14.7. The highest BCUT2D eigenvalue weighted by Gasteiger charge is 2.06. The summed E-state index contributed by atoms with van der Waals surface area (Å²) in [6.07, 6.45) is 23.1. The number of nitrogens with zero attached hydrogens (tertiary/aromatic N) is 2. The second kappa shape index (κ2) is 13.0. The van der Waals surface area contributed by atoms with Gasteiger partial charge in [0.1, 0.15) is 0 Å². The maximum absolute atomic E-state index is 2.42. The zero-order valence-corrected chi connectivity index (χ0v) is 14.7. The first-order chi connectivity index (χ1) is 10.3. The van der Waals surface area contributed by atoms with Gasteiger partial charge in [-0.05, 0) is 6.42 Å². The molecule has 1 heterocycles. The fraction of sp³-hybridized carbons (Fsp3) is 0.895. The Labute approximate surface area is 133 Å². The predicted molar refractivity (Wildman–Crippen MR) is 94.2 cm³/mol. The molecule has 0 N–H and O–H groups in total. The monoisotopic (exact) mass is 294 g/mol. The summed E-state index contributed by atoms with van der Waals surface area (Å²) in [5.41, 5.74) is 0. The Morgan fingerprint density at radius 2 is 1.14 bits per heavy atom. The molecular weight excluding hydrogens is 256 g/mol. The van der Waals surface area contributed by atoms with E-state index < -0.39 is 0 Å². The van der Waals surface area contributed by atoms with E-state index in [0.717, 1.165) is 6.67 Å². The normalized spacial score (nSPS) is 14.4. The molecule has 2 heteroatoms. The van der Waals surface area contributed by atoms with Crippen molar-refractivity contribution in [3.63, 3.8) is 0 Å². The van der Waals surface area contributed by atoms with Crippen molar-refractivity contribution in [1.82, 2.24) is 9.80 Å². The summed E-state index contributed by atoms with van der Waals surface area (Å²) in [7, 11) is 2.14. The smallest absolute Gasteiger partial charge is 0.0890 e. The van der Waals surface area contributed by atoms with E-state index in [1.165, 1.54) is 90.0 Å². The Hall–Kier alpha value is -0.660. The van der Waals surface area contributed by atoms with Crippen molar-refractivity contribution in [2.75, 3.05) is 20.3 Å². The average Bonchev–Trinajstić information content (AvgIpc) is 2.89. The Kier molecular flexibility index (Phi) is 11.4. The van der Waals surface area contributed by atoms with E-state index >= 15 is 0 Å². The number of rotatable bonds is 14. The molecule has 0 saturated heterocycles. The van der Waals surface area contributed by atoms with Gasteiger partial charge in [0.05, 0.1) is 6.67 Å². The minimum Gasteiger partial charge on any atom is -0.362 e. The van der Waals surface area contributed by atoms with Gasteiger partial charge in [0.25, 0.3) is 0 Å². The maximum Gasteiger partial charge on any atom is 0.0890 e. The van der Waals surface area contributed by atoms with Crippen molar-refractivity contribution in [3.05, 3.63) is 12.4 Å². The van der Waals surface area contributed by atoms with Crippen molar-refractivity contribution in [2.45, 2.75) is 90.4 Å². The summed E-state index contributed by atoms with van der Waals surface area (Å²) in [5.74, 6) is 0. The molecular formula is C19H38N2. The summed E-state index contributed by atoms with van der Waals surface area (Å²) in [4.78, 5) is 4.65. The fourth-order valence-corrected chi connectivity index (χ4v) is 3.07. The molecule has 0 saturated carbocycles. The number of unbranched alkanes of at least 4 members (excludes halogenated alkanes) is 12. The molecule has 0 amide bonds. The van der Waals surface area contributed by atoms with Crippen LogP contribution in [-0.4, -0.2) is 30.1 Å². The molecule has 0 aromatic carbocycles. The van der Waals surface area contributed by atoms with Gasteiger partial charge in [-0.25, -0.2) is 0 Å². The van der Waals surface area contributed by atoms with Gasteiger partial charge in [-0.15, -0.1) is 0 Å². The summed E-state index contributed by atoms with van der Waals surface area (Å²) in [5, 5.41) is 0. The topological polar surface area (TPSA) is 6.48 Å². The lowest BCUT2D eigenvalue weighted by atomic mass is 10.0.